The van der Waals surface area contributed by atoms with Gasteiger partial charge >= 0.3 is 0 Å². The van der Waals surface area contributed by atoms with E-state index in [1.54, 1.807) is 0 Å². The molecule has 4 heterocycles. The van der Waals surface area contributed by atoms with Crippen LogP contribution in [-0.2, 0) is 16.1 Å². The Balaban J connectivity index is 1.14. The molecule has 4 aliphatic heterocycles. The Morgan fingerprint density at radius 2 is 2.04 bits per heavy atom. The van der Waals surface area contributed by atoms with Gasteiger partial charge in [0.05, 0.1) is 18.6 Å². The van der Waals surface area contributed by atoms with Crippen LogP contribution in [0.3, 0.4) is 0 Å². The molecule has 3 saturated heterocycles. The van der Waals surface area contributed by atoms with Crippen molar-refractivity contribution in [2.24, 2.45) is 5.92 Å². The van der Waals surface area contributed by atoms with E-state index in [9.17, 15) is 4.79 Å². The first-order valence-corrected chi connectivity index (χ1v) is 9.29. The number of carbonyl (C=O) groups excluding carboxylic acids is 1. The van der Waals surface area contributed by atoms with E-state index in [1.165, 1.54) is 5.56 Å². The van der Waals surface area contributed by atoms with Gasteiger partial charge in [0.15, 0.2) is 11.5 Å². The Morgan fingerprint density at radius 3 is 2.84 bits per heavy atom. The molecule has 0 bridgehead atoms. The summed E-state index contributed by atoms with van der Waals surface area (Å²) in [7, 11) is 0. The van der Waals surface area contributed by atoms with Crippen LogP contribution >= 0.6 is 0 Å². The predicted octanol–water partition coefficient (Wildman–Crippen LogP) is 1.63. The highest BCUT2D eigenvalue weighted by Crippen LogP contribution is 2.37. The highest BCUT2D eigenvalue weighted by molar-refractivity contribution is 5.77. The fourth-order valence-electron chi connectivity index (χ4n) is 4.40. The number of rotatable bonds is 4. The second-order valence-electron chi connectivity index (χ2n) is 7.61. The average molecular weight is 344 g/mol. The summed E-state index contributed by atoms with van der Waals surface area (Å²) in [6.45, 7) is 5.09. The van der Waals surface area contributed by atoms with E-state index in [0.717, 1.165) is 57.1 Å². The lowest BCUT2D eigenvalue weighted by Crippen LogP contribution is -2.43. The summed E-state index contributed by atoms with van der Waals surface area (Å²) in [6.07, 6.45) is 3.13. The Kier molecular flexibility index (Phi) is 3.82. The van der Waals surface area contributed by atoms with Crippen molar-refractivity contribution in [3.8, 4) is 11.5 Å². The van der Waals surface area contributed by atoms with Gasteiger partial charge in [-0.15, -0.1) is 0 Å². The molecule has 134 valence electrons. The molecule has 0 saturated carbocycles. The molecule has 25 heavy (non-hydrogen) atoms. The first kappa shape index (κ1) is 15.5. The number of carbonyl (C=O) groups is 1. The second kappa shape index (κ2) is 6.18. The maximum Gasteiger partial charge on any atom is 0.231 e. The minimum absolute atomic E-state index is 0.121. The number of nitrogens with zero attached hydrogens (tertiary/aromatic N) is 2. The summed E-state index contributed by atoms with van der Waals surface area (Å²) in [5.41, 5.74) is 1.24. The van der Waals surface area contributed by atoms with E-state index >= 15 is 0 Å². The van der Waals surface area contributed by atoms with E-state index in [4.69, 9.17) is 14.2 Å². The van der Waals surface area contributed by atoms with E-state index < -0.39 is 0 Å². The average Bonchev–Trinajstić information content (AvgIpc) is 3.19. The predicted molar refractivity (Wildman–Crippen MR) is 90.4 cm³/mol. The van der Waals surface area contributed by atoms with Crippen LogP contribution in [0, 0.1) is 5.92 Å². The fraction of sp³-hybridized carbons (Fsp3) is 0.632. The van der Waals surface area contributed by atoms with Gasteiger partial charge in [0.2, 0.25) is 12.7 Å². The molecule has 3 atom stereocenters. The van der Waals surface area contributed by atoms with Crippen LogP contribution in [0.15, 0.2) is 18.2 Å². The van der Waals surface area contributed by atoms with Crippen LogP contribution in [0.2, 0.25) is 0 Å². The number of hydrogen-bond acceptors (Lipinski definition) is 5. The molecule has 0 spiro atoms. The van der Waals surface area contributed by atoms with Gasteiger partial charge in [-0.25, -0.2) is 0 Å². The zero-order valence-corrected chi connectivity index (χ0v) is 14.4. The number of benzene rings is 1. The maximum absolute atomic E-state index is 12.1. The number of amides is 1. The highest BCUT2D eigenvalue weighted by Gasteiger charge is 2.42. The SMILES string of the molecule is O=C(C[C@@H]1C[C@@H]2CN(Cc3ccc4c(c3)OCO4)C[C@@H]2O1)N1CCC1. The summed E-state index contributed by atoms with van der Waals surface area (Å²) in [6, 6.07) is 6.17. The third-order valence-electron chi connectivity index (χ3n) is 5.84. The lowest BCUT2D eigenvalue weighted by atomic mass is 10.0. The molecule has 6 nitrogen and oxygen atoms in total. The van der Waals surface area contributed by atoms with Gasteiger partial charge in [-0.3, -0.25) is 9.69 Å². The fourth-order valence-corrected chi connectivity index (χ4v) is 4.40. The zero-order valence-electron chi connectivity index (χ0n) is 14.4. The standard InChI is InChI=1S/C19H24N2O4/c22-19(21-4-1-5-21)8-15-7-14-10-20(11-18(14)25-15)9-13-2-3-16-17(6-13)24-12-23-16/h2-3,6,14-15,18H,1,4-5,7-12H2/t14-,15+,18+/m1/s1. The minimum Gasteiger partial charge on any atom is -0.454 e. The van der Waals surface area contributed by atoms with Gasteiger partial charge in [0.1, 0.15) is 0 Å². The first-order valence-electron chi connectivity index (χ1n) is 9.29. The van der Waals surface area contributed by atoms with Crippen molar-refractivity contribution in [2.45, 2.75) is 38.0 Å². The second-order valence-corrected chi connectivity index (χ2v) is 7.61. The van der Waals surface area contributed by atoms with Crippen LogP contribution in [0.5, 0.6) is 11.5 Å². The molecule has 3 fully saturated rings. The van der Waals surface area contributed by atoms with E-state index in [1.807, 2.05) is 11.0 Å². The summed E-state index contributed by atoms with van der Waals surface area (Å²) < 4.78 is 17.0. The van der Waals surface area contributed by atoms with Crippen molar-refractivity contribution in [1.29, 1.82) is 0 Å². The van der Waals surface area contributed by atoms with Gasteiger partial charge < -0.3 is 19.1 Å². The summed E-state index contributed by atoms with van der Waals surface area (Å²) in [4.78, 5) is 16.5. The van der Waals surface area contributed by atoms with Crippen molar-refractivity contribution >= 4 is 5.91 Å². The van der Waals surface area contributed by atoms with Crippen molar-refractivity contribution in [1.82, 2.24) is 9.80 Å². The van der Waals surface area contributed by atoms with Crippen LogP contribution in [0.4, 0.5) is 0 Å². The Labute approximate surface area is 147 Å². The van der Waals surface area contributed by atoms with E-state index in [0.29, 0.717) is 19.1 Å². The maximum atomic E-state index is 12.1. The first-order chi connectivity index (χ1) is 12.2. The zero-order chi connectivity index (χ0) is 16.8. The number of likely N-dealkylation sites (tertiary alicyclic amines) is 2. The summed E-state index contributed by atoms with van der Waals surface area (Å²) in [5.74, 6) is 2.51. The van der Waals surface area contributed by atoms with Crippen LogP contribution in [0.25, 0.3) is 0 Å². The van der Waals surface area contributed by atoms with Crippen molar-refractivity contribution in [3.63, 3.8) is 0 Å². The molecule has 4 aliphatic rings. The van der Waals surface area contributed by atoms with Crippen molar-refractivity contribution < 1.29 is 19.0 Å². The van der Waals surface area contributed by atoms with Gasteiger partial charge in [-0.1, -0.05) is 6.07 Å². The topological polar surface area (TPSA) is 51.2 Å². The Morgan fingerprint density at radius 1 is 1.16 bits per heavy atom. The van der Waals surface area contributed by atoms with Crippen LogP contribution in [-0.4, -0.2) is 60.9 Å². The lowest BCUT2D eigenvalue weighted by Gasteiger charge is -2.31. The van der Waals surface area contributed by atoms with Crippen molar-refractivity contribution in [2.75, 3.05) is 33.0 Å². The number of hydrogen-bond donors (Lipinski definition) is 0. The van der Waals surface area contributed by atoms with Gasteiger partial charge in [-0.2, -0.15) is 0 Å². The normalized spacial score (nSPS) is 30.4. The molecule has 0 aliphatic carbocycles. The molecule has 0 N–H and O–H groups in total. The molecule has 6 heteroatoms. The molecule has 1 aromatic rings. The van der Waals surface area contributed by atoms with Gasteiger partial charge in [0.25, 0.3) is 0 Å². The molecule has 1 aromatic carbocycles. The summed E-state index contributed by atoms with van der Waals surface area (Å²) in [5, 5.41) is 0. The molecular weight excluding hydrogens is 320 g/mol. The minimum atomic E-state index is 0.121. The van der Waals surface area contributed by atoms with Crippen LogP contribution in [0.1, 0.15) is 24.8 Å². The smallest absolute Gasteiger partial charge is 0.231 e. The molecule has 5 rings (SSSR count). The molecule has 0 unspecified atom stereocenters. The number of ether oxygens (including phenoxy) is 3. The van der Waals surface area contributed by atoms with Crippen molar-refractivity contribution in [3.05, 3.63) is 23.8 Å². The van der Waals surface area contributed by atoms with E-state index in [-0.39, 0.29) is 18.1 Å². The summed E-state index contributed by atoms with van der Waals surface area (Å²) >= 11 is 0. The largest absolute Gasteiger partial charge is 0.454 e. The third kappa shape index (κ3) is 2.98. The van der Waals surface area contributed by atoms with Gasteiger partial charge in [-0.05, 0) is 30.5 Å². The molecule has 0 radical (unpaired) electrons. The number of fused-ring (bicyclic) bond motifs is 2. The Hall–Kier alpha value is -1.79. The monoisotopic (exact) mass is 344 g/mol. The van der Waals surface area contributed by atoms with Gasteiger partial charge in [0, 0.05) is 38.6 Å². The highest BCUT2D eigenvalue weighted by atomic mass is 16.7. The third-order valence-corrected chi connectivity index (χ3v) is 5.84. The lowest BCUT2D eigenvalue weighted by molar-refractivity contribution is -0.137. The van der Waals surface area contributed by atoms with E-state index in [2.05, 4.69) is 17.0 Å². The molecule has 1 amide bonds. The Bertz CT molecular complexity index is 661. The van der Waals surface area contributed by atoms with Crippen LogP contribution < -0.4 is 9.47 Å². The quantitative estimate of drug-likeness (QED) is 0.831. The molecular formula is C19H24N2O4. The molecule has 0 aromatic heterocycles.